The van der Waals surface area contributed by atoms with E-state index in [1.54, 1.807) is 6.92 Å². The van der Waals surface area contributed by atoms with Crippen molar-refractivity contribution in [2.24, 2.45) is 11.3 Å². The predicted octanol–water partition coefficient (Wildman–Crippen LogP) is 0.185. The first-order valence-corrected chi connectivity index (χ1v) is 5.88. The van der Waals surface area contributed by atoms with E-state index in [1.165, 1.54) is 12.8 Å². The first-order valence-electron chi connectivity index (χ1n) is 5.88. The molecule has 1 saturated carbocycles. The SMILES string of the molecule is CC1(C(=O)O)COCC1NC(=O)NCC1CC1. The Morgan fingerprint density at radius 3 is 2.76 bits per heavy atom. The van der Waals surface area contributed by atoms with Crippen molar-refractivity contribution in [2.45, 2.75) is 25.8 Å². The van der Waals surface area contributed by atoms with Gasteiger partial charge in [-0.05, 0) is 25.7 Å². The lowest BCUT2D eigenvalue weighted by molar-refractivity contribution is -0.148. The molecule has 0 bridgehead atoms. The molecule has 2 aliphatic rings. The summed E-state index contributed by atoms with van der Waals surface area (Å²) in [5.41, 5.74) is -1.03. The van der Waals surface area contributed by atoms with Crippen molar-refractivity contribution >= 4 is 12.0 Å². The second-order valence-electron chi connectivity index (χ2n) is 5.09. The standard InChI is InChI=1S/C11H18N2O4/c1-11(9(14)15)6-17-5-8(11)13-10(16)12-4-7-2-3-7/h7-8H,2-6H2,1H3,(H,14,15)(H2,12,13,16). The minimum Gasteiger partial charge on any atom is -0.481 e. The number of urea groups is 1. The van der Waals surface area contributed by atoms with Gasteiger partial charge < -0.3 is 20.5 Å². The number of hydrogen-bond donors (Lipinski definition) is 3. The monoisotopic (exact) mass is 242 g/mol. The Labute approximate surface area is 99.7 Å². The summed E-state index contributed by atoms with van der Waals surface area (Å²) in [5.74, 6) is -0.339. The number of amides is 2. The zero-order valence-electron chi connectivity index (χ0n) is 9.86. The number of nitrogens with one attached hydrogen (secondary N) is 2. The molecular formula is C11H18N2O4. The maximum absolute atomic E-state index is 11.6. The van der Waals surface area contributed by atoms with Crippen molar-refractivity contribution in [3.8, 4) is 0 Å². The minimum absolute atomic E-state index is 0.135. The van der Waals surface area contributed by atoms with E-state index in [4.69, 9.17) is 9.84 Å². The maximum Gasteiger partial charge on any atom is 0.315 e. The largest absolute Gasteiger partial charge is 0.481 e. The van der Waals surface area contributed by atoms with Crippen LogP contribution in [0, 0.1) is 11.3 Å². The minimum atomic E-state index is -1.03. The molecule has 0 aromatic carbocycles. The highest BCUT2D eigenvalue weighted by atomic mass is 16.5. The van der Waals surface area contributed by atoms with Crippen LogP contribution in [-0.4, -0.2) is 42.9 Å². The van der Waals surface area contributed by atoms with E-state index in [-0.39, 0.29) is 19.2 Å². The molecule has 0 spiro atoms. The normalized spacial score (nSPS) is 32.2. The predicted molar refractivity (Wildman–Crippen MR) is 59.6 cm³/mol. The van der Waals surface area contributed by atoms with Gasteiger partial charge in [0.25, 0.3) is 0 Å². The molecule has 1 aliphatic carbocycles. The van der Waals surface area contributed by atoms with Crippen LogP contribution in [-0.2, 0) is 9.53 Å². The van der Waals surface area contributed by atoms with E-state index in [2.05, 4.69) is 10.6 Å². The van der Waals surface area contributed by atoms with Crippen LogP contribution in [0.25, 0.3) is 0 Å². The molecule has 1 heterocycles. The maximum atomic E-state index is 11.6. The molecule has 2 unspecified atom stereocenters. The van der Waals surface area contributed by atoms with Gasteiger partial charge in [-0.15, -0.1) is 0 Å². The summed E-state index contributed by atoms with van der Waals surface area (Å²) in [6.45, 7) is 2.65. The van der Waals surface area contributed by atoms with Crippen LogP contribution < -0.4 is 10.6 Å². The molecule has 0 aromatic rings. The van der Waals surface area contributed by atoms with E-state index in [9.17, 15) is 9.59 Å². The molecule has 3 N–H and O–H groups in total. The molecule has 2 fully saturated rings. The van der Waals surface area contributed by atoms with E-state index >= 15 is 0 Å². The molecule has 2 atom stereocenters. The van der Waals surface area contributed by atoms with Gasteiger partial charge in [-0.3, -0.25) is 4.79 Å². The molecule has 6 heteroatoms. The Kier molecular flexibility index (Phi) is 3.24. The van der Waals surface area contributed by atoms with Gasteiger partial charge in [0.2, 0.25) is 0 Å². The highest BCUT2D eigenvalue weighted by molar-refractivity contribution is 5.79. The second kappa shape index (κ2) is 4.52. The highest BCUT2D eigenvalue weighted by Crippen LogP contribution is 2.29. The molecule has 2 rings (SSSR count). The molecule has 2 amide bonds. The van der Waals surface area contributed by atoms with Crippen LogP contribution in [0.2, 0.25) is 0 Å². The molecule has 6 nitrogen and oxygen atoms in total. The third kappa shape index (κ3) is 2.69. The van der Waals surface area contributed by atoms with E-state index in [0.29, 0.717) is 12.5 Å². The zero-order chi connectivity index (χ0) is 12.5. The van der Waals surface area contributed by atoms with E-state index < -0.39 is 17.4 Å². The first-order chi connectivity index (χ1) is 8.02. The van der Waals surface area contributed by atoms with Gasteiger partial charge in [0.05, 0.1) is 19.3 Å². The molecule has 0 radical (unpaired) electrons. The molecule has 96 valence electrons. The molecule has 17 heavy (non-hydrogen) atoms. The second-order valence-corrected chi connectivity index (χ2v) is 5.09. The van der Waals surface area contributed by atoms with Crippen LogP contribution in [0.5, 0.6) is 0 Å². The van der Waals surface area contributed by atoms with Crippen molar-refractivity contribution in [3.63, 3.8) is 0 Å². The van der Waals surface area contributed by atoms with Crippen LogP contribution in [0.1, 0.15) is 19.8 Å². The number of carboxylic acid groups (broad SMARTS) is 1. The lowest BCUT2D eigenvalue weighted by atomic mass is 9.85. The smallest absolute Gasteiger partial charge is 0.315 e. The van der Waals surface area contributed by atoms with Crippen LogP contribution in [0.4, 0.5) is 4.79 Å². The third-order valence-electron chi connectivity index (χ3n) is 3.50. The average molecular weight is 242 g/mol. The summed E-state index contributed by atoms with van der Waals surface area (Å²) in [6.07, 6.45) is 2.33. The summed E-state index contributed by atoms with van der Waals surface area (Å²) in [6, 6.07) is -0.779. The Hall–Kier alpha value is -1.30. The molecule has 1 saturated heterocycles. The van der Waals surface area contributed by atoms with Gasteiger partial charge in [-0.25, -0.2) is 4.79 Å². The fraction of sp³-hybridized carbons (Fsp3) is 0.818. The number of aliphatic carboxylic acids is 1. The topological polar surface area (TPSA) is 87.7 Å². The van der Waals surface area contributed by atoms with E-state index in [0.717, 1.165) is 0 Å². The lowest BCUT2D eigenvalue weighted by Crippen LogP contribution is -2.52. The summed E-state index contributed by atoms with van der Waals surface area (Å²) in [4.78, 5) is 22.7. The summed E-state index contributed by atoms with van der Waals surface area (Å²) in [5, 5.41) is 14.6. The molecule has 1 aliphatic heterocycles. The van der Waals surface area contributed by atoms with Crippen LogP contribution in [0.15, 0.2) is 0 Å². The summed E-state index contributed by atoms with van der Waals surface area (Å²) in [7, 11) is 0. The van der Waals surface area contributed by atoms with Gasteiger partial charge >= 0.3 is 12.0 Å². The van der Waals surface area contributed by atoms with E-state index in [1.807, 2.05) is 0 Å². The summed E-state index contributed by atoms with van der Waals surface area (Å²) >= 11 is 0. The van der Waals surface area contributed by atoms with Crippen molar-refractivity contribution in [2.75, 3.05) is 19.8 Å². The number of carbonyl (C=O) groups excluding carboxylic acids is 1. The fourth-order valence-corrected chi connectivity index (χ4v) is 1.85. The van der Waals surface area contributed by atoms with Crippen molar-refractivity contribution < 1.29 is 19.4 Å². The molecular weight excluding hydrogens is 224 g/mol. The number of ether oxygens (including phenoxy) is 1. The summed E-state index contributed by atoms with van der Waals surface area (Å²) < 4.78 is 5.15. The number of carboxylic acids is 1. The fourth-order valence-electron chi connectivity index (χ4n) is 1.85. The number of hydrogen-bond acceptors (Lipinski definition) is 3. The zero-order valence-corrected chi connectivity index (χ0v) is 9.86. The quantitative estimate of drug-likeness (QED) is 0.656. The van der Waals surface area contributed by atoms with Gasteiger partial charge in [-0.2, -0.15) is 0 Å². The lowest BCUT2D eigenvalue weighted by Gasteiger charge is -2.25. The van der Waals surface area contributed by atoms with Gasteiger partial charge in [-0.1, -0.05) is 0 Å². The Bertz CT molecular complexity index is 329. The Morgan fingerprint density at radius 1 is 1.47 bits per heavy atom. The highest BCUT2D eigenvalue weighted by Gasteiger charge is 2.47. The van der Waals surface area contributed by atoms with Crippen molar-refractivity contribution in [1.29, 1.82) is 0 Å². The third-order valence-corrected chi connectivity index (χ3v) is 3.50. The molecule has 0 aromatic heterocycles. The van der Waals surface area contributed by atoms with Gasteiger partial charge in [0, 0.05) is 6.54 Å². The van der Waals surface area contributed by atoms with Crippen molar-refractivity contribution in [1.82, 2.24) is 10.6 Å². The number of rotatable bonds is 4. The van der Waals surface area contributed by atoms with Gasteiger partial charge in [0.1, 0.15) is 5.41 Å². The number of carbonyl (C=O) groups is 2. The Balaban J connectivity index is 1.83. The van der Waals surface area contributed by atoms with Crippen molar-refractivity contribution in [3.05, 3.63) is 0 Å². The first kappa shape index (κ1) is 12.2. The Morgan fingerprint density at radius 2 is 2.18 bits per heavy atom. The van der Waals surface area contributed by atoms with Gasteiger partial charge in [0.15, 0.2) is 0 Å². The van der Waals surface area contributed by atoms with Crippen LogP contribution >= 0.6 is 0 Å². The van der Waals surface area contributed by atoms with Crippen LogP contribution in [0.3, 0.4) is 0 Å². The average Bonchev–Trinajstić information content (AvgIpc) is 3.02.